The Kier molecular flexibility index (Phi) is 2.78. The summed E-state index contributed by atoms with van der Waals surface area (Å²) in [4.78, 5) is 14.3. The van der Waals surface area contributed by atoms with Crippen LogP contribution >= 0.6 is 0 Å². The third kappa shape index (κ3) is 1.88. The van der Waals surface area contributed by atoms with Crippen molar-refractivity contribution in [3.05, 3.63) is 18.0 Å². The fourth-order valence-corrected chi connectivity index (χ4v) is 2.77. The van der Waals surface area contributed by atoms with Crippen LogP contribution in [0.15, 0.2) is 12.3 Å². The molecule has 1 saturated carbocycles. The highest BCUT2D eigenvalue weighted by atomic mass is 16.3. The number of anilines is 1. The molecule has 18 heavy (non-hydrogen) atoms. The lowest BCUT2D eigenvalue weighted by molar-refractivity contribution is 0.0666. The van der Waals surface area contributed by atoms with Gasteiger partial charge in [0.2, 0.25) is 0 Å². The van der Waals surface area contributed by atoms with Gasteiger partial charge in [0.15, 0.2) is 0 Å². The van der Waals surface area contributed by atoms with E-state index in [1.165, 1.54) is 0 Å². The van der Waals surface area contributed by atoms with Gasteiger partial charge in [0.25, 0.3) is 5.91 Å². The van der Waals surface area contributed by atoms with Gasteiger partial charge in [0.05, 0.1) is 18.3 Å². The Morgan fingerprint density at radius 2 is 2.22 bits per heavy atom. The zero-order valence-corrected chi connectivity index (χ0v) is 10.4. The lowest BCUT2D eigenvalue weighted by Crippen LogP contribution is -2.38. The van der Waals surface area contributed by atoms with Gasteiger partial charge in [0, 0.05) is 18.8 Å². The summed E-state index contributed by atoms with van der Waals surface area (Å²) in [6.07, 6.45) is 5.96. The van der Waals surface area contributed by atoms with Gasteiger partial charge in [-0.2, -0.15) is 0 Å². The van der Waals surface area contributed by atoms with Gasteiger partial charge >= 0.3 is 0 Å². The molecule has 1 atom stereocenters. The van der Waals surface area contributed by atoms with E-state index < -0.39 is 0 Å². The van der Waals surface area contributed by atoms with Crippen molar-refractivity contribution < 1.29 is 9.90 Å². The average Bonchev–Trinajstić information content (AvgIpc) is 2.97. The summed E-state index contributed by atoms with van der Waals surface area (Å²) in [5, 5.41) is 9.30. The van der Waals surface area contributed by atoms with E-state index in [2.05, 4.69) is 0 Å². The summed E-state index contributed by atoms with van der Waals surface area (Å²) in [5.41, 5.74) is 7.13. The molecule has 3 N–H and O–H groups in total. The van der Waals surface area contributed by atoms with Crippen LogP contribution in [0, 0.1) is 0 Å². The Bertz CT molecular complexity index is 465. The van der Waals surface area contributed by atoms with E-state index in [1.54, 1.807) is 11.0 Å². The number of nitrogens with zero attached hydrogens (tertiary/aromatic N) is 2. The monoisotopic (exact) mass is 249 g/mol. The van der Waals surface area contributed by atoms with Gasteiger partial charge in [-0.15, -0.1) is 0 Å². The van der Waals surface area contributed by atoms with Crippen molar-refractivity contribution >= 4 is 11.6 Å². The Morgan fingerprint density at radius 1 is 1.44 bits per heavy atom. The van der Waals surface area contributed by atoms with Crippen LogP contribution in [-0.2, 0) is 0 Å². The quantitative estimate of drug-likeness (QED) is 0.839. The average molecular weight is 249 g/mol. The summed E-state index contributed by atoms with van der Waals surface area (Å²) in [6.45, 7) is 0.783. The molecule has 0 aromatic carbocycles. The SMILES string of the molecule is Nc1cc(C(=O)N2CCCC2CO)n(C2CC2)c1. The minimum absolute atomic E-state index is 0.00940. The van der Waals surface area contributed by atoms with Crippen LogP contribution in [-0.4, -0.2) is 39.7 Å². The normalized spacial score (nSPS) is 23.6. The van der Waals surface area contributed by atoms with Crippen LogP contribution in [0.1, 0.15) is 42.2 Å². The summed E-state index contributed by atoms with van der Waals surface area (Å²) < 4.78 is 2.00. The van der Waals surface area contributed by atoms with Crippen molar-refractivity contribution in [1.82, 2.24) is 9.47 Å². The first-order chi connectivity index (χ1) is 8.70. The smallest absolute Gasteiger partial charge is 0.270 e. The first kappa shape index (κ1) is 11.6. The summed E-state index contributed by atoms with van der Waals surface area (Å²) in [7, 11) is 0. The minimum atomic E-state index is -0.0266. The molecule has 1 unspecified atom stereocenters. The Morgan fingerprint density at radius 3 is 2.89 bits per heavy atom. The van der Waals surface area contributed by atoms with E-state index in [9.17, 15) is 9.90 Å². The standard InChI is InChI=1S/C13H19N3O2/c14-9-6-12(16(7-9)10-3-4-10)13(18)15-5-1-2-11(15)8-17/h6-7,10-11,17H,1-5,8,14H2. The largest absolute Gasteiger partial charge is 0.397 e. The van der Waals surface area contributed by atoms with Gasteiger partial charge in [-0.1, -0.05) is 0 Å². The van der Waals surface area contributed by atoms with Gasteiger partial charge in [-0.25, -0.2) is 0 Å². The highest BCUT2D eigenvalue weighted by Crippen LogP contribution is 2.37. The van der Waals surface area contributed by atoms with Gasteiger partial charge in [-0.3, -0.25) is 4.79 Å². The molecule has 5 heteroatoms. The molecule has 1 saturated heterocycles. The predicted molar refractivity (Wildman–Crippen MR) is 68.3 cm³/mol. The highest BCUT2D eigenvalue weighted by Gasteiger charge is 2.33. The van der Waals surface area contributed by atoms with Crippen molar-refractivity contribution in [2.45, 2.75) is 37.8 Å². The Balaban J connectivity index is 1.87. The topological polar surface area (TPSA) is 71.5 Å². The molecule has 0 bridgehead atoms. The number of aliphatic hydroxyl groups is 1. The van der Waals surface area contributed by atoms with Crippen molar-refractivity contribution in [3.63, 3.8) is 0 Å². The molecule has 1 aromatic heterocycles. The number of aromatic nitrogens is 1. The first-order valence-electron chi connectivity index (χ1n) is 6.60. The molecule has 5 nitrogen and oxygen atoms in total. The van der Waals surface area contributed by atoms with E-state index in [0.29, 0.717) is 17.4 Å². The van der Waals surface area contributed by atoms with E-state index in [1.807, 2.05) is 10.8 Å². The maximum absolute atomic E-state index is 12.5. The van der Waals surface area contributed by atoms with E-state index in [0.717, 1.165) is 32.2 Å². The minimum Gasteiger partial charge on any atom is -0.397 e. The molecular weight excluding hydrogens is 230 g/mol. The number of hydrogen-bond donors (Lipinski definition) is 2. The number of nitrogens with two attached hydrogens (primary N) is 1. The van der Waals surface area contributed by atoms with Gasteiger partial charge < -0.3 is 20.3 Å². The zero-order chi connectivity index (χ0) is 12.7. The third-order valence-electron chi connectivity index (χ3n) is 3.88. The maximum Gasteiger partial charge on any atom is 0.270 e. The summed E-state index contributed by atoms with van der Waals surface area (Å²) >= 11 is 0. The van der Waals surface area contributed by atoms with Crippen LogP contribution in [0.3, 0.4) is 0 Å². The zero-order valence-electron chi connectivity index (χ0n) is 10.4. The van der Waals surface area contributed by atoms with Gasteiger partial charge in [-0.05, 0) is 31.7 Å². The number of hydrogen-bond acceptors (Lipinski definition) is 3. The lowest BCUT2D eigenvalue weighted by Gasteiger charge is -2.23. The fraction of sp³-hybridized carbons (Fsp3) is 0.615. The maximum atomic E-state index is 12.5. The van der Waals surface area contributed by atoms with Crippen molar-refractivity contribution in [1.29, 1.82) is 0 Å². The second-order valence-corrected chi connectivity index (χ2v) is 5.27. The number of amides is 1. The molecule has 1 aromatic rings. The van der Waals surface area contributed by atoms with E-state index in [4.69, 9.17) is 5.73 Å². The molecule has 0 radical (unpaired) electrons. The molecule has 1 aliphatic carbocycles. The van der Waals surface area contributed by atoms with Crippen molar-refractivity contribution in [2.75, 3.05) is 18.9 Å². The van der Waals surface area contributed by atoms with Crippen LogP contribution in [0.25, 0.3) is 0 Å². The van der Waals surface area contributed by atoms with Gasteiger partial charge in [0.1, 0.15) is 5.69 Å². The second-order valence-electron chi connectivity index (χ2n) is 5.27. The number of likely N-dealkylation sites (tertiary alicyclic amines) is 1. The van der Waals surface area contributed by atoms with Crippen molar-refractivity contribution in [3.8, 4) is 0 Å². The van der Waals surface area contributed by atoms with Crippen LogP contribution in [0.2, 0.25) is 0 Å². The molecule has 3 rings (SSSR count). The number of nitrogen functional groups attached to an aromatic ring is 1. The predicted octanol–water partition coefficient (Wildman–Crippen LogP) is 1.00. The fourth-order valence-electron chi connectivity index (χ4n) is 2.77. The lowest BCUT2D eigenvalue weighted by atomic mass is 10.2. The molecular formula is C13H19N3O2. The summed E-state index contributed by atoms with van der Waals surface area (Å²) in [5.74, 6) is 0.00940. The number of aliphatic hydroxyl groups excluding tert-OH is 1. The van der Waals surface area contributed by atoms with Crippen LogP contribution < -0.4 is 5.73 Å². The van der Waals surface area contributed by atoms with E-state index in [-0.39, 0.29) is 18.6 Å². The molecule has 98 valence electrons. The molecule has 0 spiro atoms. The second kappa shape index (κ2) is 4.31. The number of rotatable bonds is 3. The van der Waals surface area contributed by atoms with Crippen LogP contribution in [0.4, 0.5) is 5.69 Å². The first-order valence-corrected chi connectivity index (χ1v) is 6.60. The molecule has 2 fully saturated rings. The highest BCUT2D eigenvalue weighted by molar-refractivity contribution is 5.94. The Hall–Kier alpha value is -1.49. The number of carbonyl (C=O) groups is 1. The molecule has 1 aliphatic heterocycles. The summed E-state index contributed by atoms with van der Waals surface area (Å²) in [6, 6.07) is 2.17. The van der Waals surface area contributed by atoms with Crippen molar-refractivity contribution in [2.24, 2.45) is 0 Å². The molecule has 1 amide bonds. The molecule has 2 aliphatic rings. The molecule has 2 heterocycles. The van der Waals surface area contributed by atoms with Crippen LogP contribution in [0.5, 0.6) is 0 Å². The van der Waals surface area contributed by atoms with E-state index >= 15 is 0 Å². The number of carbonyl (C=O) groups excluding carboxylic acids is 1. The third-order valence-corrected chi connectivity index (χ3v) is 3.88. The Labute approximate surface area is 106 Å².